The molecule has 0 heterocycles. The van der Waals surface area contributed by atoms with E-state index in [1.165, 1.54) is 0 Å². The van der Waals surface area contributed by atoms with Crippen LogP contribution < -0.4 is 10.6 Å². The van der Waals surface area contributed by atoms with Crippen molar-refractivity contribution >= 4 is 0 Å². The molecular weight excluding hydrogens is 180 g/mol. The Labute approximate surface area is 86.7 Å². The highest BCUT2D eigenvalue weighted by Crippen LogP contribution is 2.13. The zero-order valence-corrected chi connectivity index (χ0v) is 9.51. The van der Waals surface area contributed by atoms with E-state index in [1.807, 2.05) is 20.8 Å². The van der Waals surface area contributed by atoms with Crippen LogP contribution in [0.3, 0.4) is 0 Å². The summed E-state index contributed by atoms with van der Waals surface area (Å²) in [5.41, 5.74) is -0.642. The molecule has 86 valence electrons. The molecule has 0 aromatic carbocycles. The Bertz CT molecular complexity index is 140. The minimum atomic E-state index is -0.642. The maximum atomic E-state index is 9.87. The second-order valence-electron chi connectivity index (χ2n) is 3.86. The second-order valence-corrected chi connectivity index (χ2v) is 3.86. The predicted octanol–water partition coefficient (Wildman–Crippen LogP) is -0.293. The molecule has 0 saturated heterocycles. The van der Waals surface area contributed by atoms with E-state index in [2.05, 4.69) is 10.6 Å². The van der Waals surface area contributed by atoms with Gasteiger partial charge in [0.25, 0.3) is 0 Å². The standard InChI is InChI=1S/C10H24N2O2/c1-4-10(3,14)9(2)12-6-5-11-7-8-13/h9,11-14H,4-8H2,1-3H3. The fourth-order valence-electron chi connectivity index (χ4n) is 1.11. The van der Waals surface area contributed by atoms with E-state index in [4.69, 9.17) is 5.11 Å². The van der Waals surface area contributed by atoms with Gasteiger partial charge in [-0.15, -0.1) is 0 Å². The van der Waals surface area contributed by atoms with Gasteiger partial charge in [0.05, 0.1) is 12.2 Å². The summed E-state index contributed by atoms with van der Waals surface area (Å²) in [6.07, 6.45) is 0.741. The lowest BCUT2D eigenvalue weighted by Crippen LogP contribution is -2.48. The molecule has 2 atom stereocenters. The van der Waals surface area contributed by atoms with Crippen LogP contribution in [0.5, 0.6) is 0 Å². The first-order chi connectivity index (χ1) is 6.54. The maximum Gasteiger partial charge on any atom is 0.0766 e. The zero-order chi connectivity index (χ0) is 11.0. The van der Waals surface area contributed by atoms with Crippen LogP contribution in [-0.2, 0) is 0 Å². The fourth-order valence-corrected chi connectivity index (χ4v) is 1.11. The van der Waals surface area contributed by atoms with Crippen molar-refractivity contribution in [1.82, 2.24) is 10.6 Å². The van der Waals surface area contributed by atoms with Gasteiger partial charge in [-0.3, -0.25) is 0 Å². The normalized spacial score (nSPS) is 17.8. The highest BCUT2D eigenvalue weighted by molar-refractivity contribution is 4.82. The summed E-state index contributed by atoms with van der Waals surface area (Å²) in [6, 6.07) is 0.0865. The molecule has 0 aromatic rings. The monoisotopic (exact) mass is 204 g/mol. The smallest absolute Gasteiger partial charge is 0.0766 e. The van der Waals surface area contributed by atoms with Crippen LogP contribution in [0.4, 0.5) is 0 Å². The van der Waals surface area contributed by atoms with Crippen LogP contribution in [0.15, 0.2) is 0 Å². The Hall–Kier alpha value is -0.160. The Balaban J connectivity index is 3.48. The second kappa shape index (κ2) is 7.17. The molecule has 4 heteroatoms. The van der Waals surface area contributed by atoms with Crippen LogP contribution in [0, 0.1) is 0 Å². The summed E-state index contributed by atoms with van der Waals surface area (Å²) in [5.74, 6) is 0. The molecule has 0 rings (SSSR count). The van der Waals surface area contributed by atoms with Gasteiger partial charge in [0.1, 0.15) is 0 Å². The van der Waals surface area contributed by atoms with E-state index in [-0.39, 0.29) is 12.6 Å². The molecule has 0 aliphatic rings. The topological polar surface area (TPSA) is 64.5 Å². The number of hydrogen-bond donors (Lipinski definition) is 4. The van der Waals surface area contributed by atoms with Crippen molar-refractivity contribution in [3.8, 4) is 0 Å². The maximum absolute atomic E-state index is 9.87. The molecule has 0 amide bonds. The van der Waals surface area contributed by atoms with E-state index in [1.54, 1.807) is 0 Å². The van der Waals surface area contributed by atoms with Gasteiger partial charge in [0.2, 0.25) is 0 Å². The molecule has 0 radical (unpaired) electrons. The molecule has 0 aliphatic heterocycles. The summed E-state index contributed by atoms with van der Waals surface area (Å²) >= 11 is 0. The number of nitrogens with one attached hydrogen (secondary N) is 2. The molecule has 0 bridgehead atoms. The van der Waals surface area contributed by atoms with Gasteiger partial charge in [-0.05, 0) is 20.3 Å². The Morgan fingerprint density at radius 2 is 1.93 bits per heavy atom. The zero-order valence-electron chi connectivity index (χ0n) is 9.51. The third kappa shape index (κ3) is 5.54. The molecule has 0 fully saturated rings. The van der Waals surface area contributed by atoms with Gasteiger partial charge in [-0.1, -0.05) is 6.92 Å². The van der Waals surface area contributed by atoms with Crippen LogP contribution in [0.25, 0.3) is 0 Å². The van der Waals surface area contributed by atoms with Crippen LogP contribution in [0.1, 0.15) is 27.2 Å². The molecule has 0 aromatic heterocycles. The number of rotatable bonds is 8. The van der Waals surface area contributed by atoms with Crippen molar-refractivity contribution in [2.75, 3.05) is 26.2 Å². The van der Waals surface area contributed by atoms with Gasteiger partial charge in [0, 0.05) is 25.7 Å². The SMILES string of the molecule is CCC(C)(O)C(C)NCCNCCO. The largest absolute Gasteiger partial charge is 0.395 e. The first kappa shape index (κ1) is 13.8. The molecule has 0 spiro atoms. The van der Waals surface area contributed by atoms with Gasteiger partial charge in [-0.2, -0.15) is 0 Å². The molecule has 0 aliphatic carbocycles. The van der Waals surface area contributed by atoms with Gasteiger partial charge < -0.3 is 20.8 Å². The number of hydrogen-bond acceptors (Lipinski definition) is 4. The van der Waals surface area contributed by atoms with Crippen molar-refractivity contribution in [1.29, 1.82) is 0 Å². The first-order valence-corrected chi connectivity index (χ1v) is 5.32. The molecule has 2 unspecified atom stereocenters. The van der Waals surface area contributed by atoms with Crippen LogP contribution >= 0.6 is 0 Å². The van der Waals surface area contributed by atoms with Crippen molar-refractivity contribution in [2.24, 2.45) is 0 Å². The predicted molar refractivity (Wildman–Crippen MR) is 58.3 cm³/mol. The molecule has 4 N–H and O–H groups in total. The lowest BCUT2D eigenvalue weighted by Gasteiger charge is -2.30. The highest BCUT2D eigenvalue weighted by Gasteiger charge is 2.24. The molecular formula is C10H24N2O2. The van der Waals surface area contributed by atoms with Crippen molar-refractivity contribution in [3.63, 3.8) is 0 Å². The highest BCUT2D eigenvalue weighted by atomic mass is 16.3. The van der Waals surface area contributed by atoms with E-state index in [0.717, 1.165) is 19.5 Å². The Morgan fingerprint density at radius 3 is 2.43 bits per heavy atom. The third-order valence-electron chi connectivity index (χ3n) is 2.69. The number of aliphatic hydroxyl groups is 2. The van der Waals surface area contributed by atoms with Crippen molar-refractivity contribution < 1.29 is 10.2 Å². The van der Waals surface area contributed by atoms with Gasteiger partial charge in [0.15, 0.2) is 0 Å². The van der Waals surface area contributed by atoms with Gasteiger partial charge >= 0.3 is 0 Å². The van der Waals surface area contributed by atoms with Crippen molar-refractivity contribution in [3.05, 3.63) is 0 Å². The average molecular weight is 204 g/mol. The summed E-state index contributed by atoms with van der Waals surface area (Å²) in [6.45, 7) is 8.20. The van der Waals surface area contributed by atoms with E-state index in [0.29, 0.717) is 6.54 Å². The summed E-state index contributed by atoms with van der Waals surface area (Å²) < 4.78 is 0. The van der Waals surface area contributed by atoms with E-state index >= 15 is 0 Å². The summed E-state index contributed by atoms with van der Waals surface area (Å²) in [4.78, 5) is 0. The number of aliphatic hydroxyl groups excluding tert-OH is 1. The molecule has 4 nitrogen and oxygen atoms in total. The van der Waals surface area contributed by atoms with E-state index < -0.39 is 5.60 Å². The fraction of sp³-hybridized carbons (Fsp3) is 1.00. The molecule has 0 saturated carbocycles. The summed E-state index contributed by atoms with van der Waals surface area (Å²) in [5, 5.41) is 24.7. The lowest BCUT2D eigenvalue weighted by molar-refractivity contribution is 0.0221. The quantitative estimate of drug-likeness (QED) is 0.410. The van der Waals surface area contributed by atoms with Gasteiger partial charge in [-0.25, -0.2) is 0 Å². The van der Waals surface area contributed by atoms with Crippen LogP contribution in [-0.4, -0.2) is 48.1 Å². The Morgan fingerprint density at radius 1 is 1.29 bits per heavy atom. The third-order valence-corrected chi connectivity index (χ3v) is 2.69. The first-order valence-electron chi connectivity index (χ1n) is 5.32. The average Bonchev–Trinajstić information content (AvgIpc) is 2.17. The Kier molecular flexibility index (Phi) is 7.09. The van der Waals surface area contributed by atoms with Crippen LogP contribution in [0.2, 0.25) is 0 Å². The van der Waals surface area contributed by atoms with E-state index in [9.17, 15) is 5.11 Å². The molecule has 14 heavy (non-hydrogen) atoms. The van der Waals surface area contributed by atoms with Crippen molar-refractivity contribution in [2.45, 2.75) is 38.8 Å². The lowest BCUT2D eigenvalue weighted by atomic mass is 9.95. The minimum Gasteiger partial charge on any atom is -0.395 e. The summed E-state index contributed by atoms with van der Waals surface area (Å²) in [7, 11) is 0. The minimum absolute atomic E-state index is 0.0865.